The summed E-state index contributed by atoms with van der Waals surface area (Å²) in [6.45, 7) is 3.37. The first-order chi connectivity index (χ1) is 15.0. The quantitative estimate of drug-likeness (QED) is 0.747. The summed E-state index contributed by atoms with van der Waals surface area (Å²) in [7, 11) is 0. The molecule has 6 nitrogen and oxygen atoms in total. The Hall–Kier alpha value is -3.02. The minimum absolute atomic E-state index is 0.0185. The fourth-order valence-corrected chi connectivity index (χ4v) is 4.75. The Morgan fingerprint density at radius 2 is 1.81 bits per heavy atom. The van der Waals surface area contributed by atoms with Gasteiger partial charge in [-0.25, -0.2) is 0 Å². The van der Waals surface area contributed by atoms with E-state index in [-0.39, 0.29) is 29.6 Å². The molecule has 4 rings (SSSR count). The molecule has 2 fully saturated rings. The van der Waals surface area contributed by atoms with Crippen molar-refractivity contribution in [1.82, 2.24) is 14.8 Å². The van der Waals surface area contributed by atoms with Crippen molar-refractivity contribution in [2.45, 2.75) is 45.1 Å². The number of ketones is 1. The Morgan fingerprint density at radius 1 is 1.00 bits per heavy atom. The minimum Gasteiger partial charge on any atom is -0.341 e. The summed E-state index contributed by atoms with van der Waals surface area (Å²) in [5.41, 5.74) is 2.91. The van der Waals surface area contributed by atoms with E-state index in [1.807, 2.05) is 47.4 Å². The number of benzene rings is 1. The number of carbonyl (C=O) groups is 3. The summed E-state index contributed by atoms with van der Waals surface area (Å²) in [5.74, 6) is 0.224. The molecular weight excluding hydrogens is 390 g/mol. The van der Waals surface area contributed by atoms with Crippen LogP contribution in [-0.2, 0) is 20.8 Å². The first-order valence-electron chi connectivity index (χ1n) is 11.1. The Kier molecular flexibility index (Phi) is 6.44. The maximum atomic E-state index is 12.9. The lowest BCUT2D eigenvalue weighted by Gasteiger charge is -2.35. The van der Waals surface area contributed by atoms with E-state index in [1.165, 1.54) is 6.92 Å². The number of nitrogens with zero attached hydrogens (tertiary/aromatic N) is 3. The van der Waals surface area contributed by atoms with Gasteiger partial charge < -0.3 is 9.80 Å². The number of amides is 2. The van der Waals surface area contributed by atoms with Gasteiger partial charge in [0.2, 0.25) is 11.8 Å². The third kappa shape index (κ3) is 4.84. The molecule has 6 heteroatoms. The molecule has 0 unspecified atom stereocenters. The summed E-state index contributed by atoms with van der Waals surface area (Å²) < 4.78 is 0. The van der Waals surface area contributed by atoms with Gasteiger partial charge in [-0.15, -0.1) is 0 Å². The normalized spacial score (nSPS) is 19.5. The highest BCUT2D eigenvalue weighted by Crippen LogP contribution is 2.25. The van der Waals surface area contributed by atoms with Crippen molar-refractivity contribution in [3.05, 3.63) is 54.2 Å². The van der Waals surface area contributed by atoms with Crippen LogP contribution in [0.5, 0.6) is 0 Å². The zero-order chi connectivity index (χ0) is 21.8. The van der Waals surface area contributed by atoms with Crippen LogP contribution < -0.4 is 0 Å². The third-order valence-electron chi connectivity index (χ3n) is 6.47. The fraction of sp³-hybridized carbons (Fsp3) is 0.440. The number of aromatic nitrogens is 1. The number of hydrogen-bond donors (Lipinski definition) is 0. The lowest BCUT2D eigenvalue weighted by atomic mass is 9.88. The fourth-order valence-electron chi connectivity index (χ4n) is 4.75. The van der Waals surface area contributed by atoms with Crippen molar-refractivity contribution in [2.24, 2.45) is 5.92 Å². The van der Waals surface area contributed by atoms with Crippen LogP contribution in [0.4, 0.5) is 0 Å². The van der Waals surface area contributed by atoms with Crippen LogP contribution >= 0.6 is 0 Å². The third-order valence-corrected chi connectivity index (χ3v) is 6.47. The van der Waals surface area contributed by atoms with Crippen LogP contribution in [-0.4, -0.2) is 58.1 Å². The minimum atomic E-state index is -0.320. The number of pyridine rings is 1. The van der Waals surface area contributed by atoms with Gasteiger partial charge in [0, 0.05) is 50.7 Å². The van der Waals surface area contributed by atoms with Crippen LogP contribution in [0.3, 0.4) is 0 Å². The second kappa shape index (κ2) is 9.41. The lowest BCUT2D eigenvalue weighted by Crippen LogP contribution is -2.50. The van der Waals surface area contributed by atoms with Gasteiger partial charge in [-0.05, 0) is 49.4 Å². The number of carbonyl (C=O) groups excluding carboxylic acids is 3. The van der Waals surface area contributed by atoms with Gasteiger partial charge in [-0.3, -0.25) is 19.4 Å². The molecule has 2 aromatic rings. The Morgan fingerprint density at radius 3 is 2.52 bits per heavy atom. The highest BCUT2D eigenvalue weighted by atomic mass is 16.2. The van der Waals surface area contributed by atoms with Crippen LogP contribution in [0.15, 0.2) is 48.7 Å². The summed E-state index contributed by atoms with van der Waals surface area (Å²) in [4.78, 5) is 45.5. The van der Waals surface area contributed by atoms with Gasteiger partial charge in [0.25, 0.3) is 0 Å². The van der Waals surface area contributed by atoms with E-state index in [2.05, 4.69) is 4.98 Å². The van der Waals surface area contributed by atoms with Crippen LogP contribution in [0.25, 0.3) is 11.3 Å². The molecule has 0 radical (unpaired) electrons. The summed E-state index contributed by atoms with van der Waals surface area (Å²) >= 11 is 0. The van der Waals surface area contributed by atoms with Crippen molar-refractivity contribution < 1.29 is 14.4 Å². The first-order valence-corrected chi connectivity index (χ1v) is 11.1. The van der Waals surface area contributed by atoms with E-state index < -0.39 is 0 Å². The standard InChI is InChI=1S/C25H29N3O3/c1-18(29)28-13-5-9-23(28)25(31)27-14-10-20(11-15-27)24(30)17-19-6-4-7-21(16-19)22-8-2-3-12-26-22/h2-4,6-8,12,16,20,23H,5,9-11,13-15,17H2,1H3/t23-/m1/s1. The average molecular weight is 420 g/mol. The van der Waals surface area contributed by atoms with Crippen molar-refractivity contribution in [3.8, 4) is 11.3 Å². The van der Waals surface area contributed by atoms with Gasteiger partial charge in [0.05, 0.1) is 5.69 Å². The van der Waals surface area contributed by atoms with E-state index in [4.69, 9.17) is 0 Å². The highest BCUT2D eigenvalue weighted by Gasteiger charge is 2.37. The van der Waals surface area contributed by atoms with Crippen molar-refractivity contribution in [3.63, 3.8) is 0 Å². The smallest absolute Gasteiger partial charge is 0.245 e. The predicted molar refractivity (Wildman–Crippen MR) is 118 cm³/mol. The zero-order valence-electron chi connectivity index (χ0n) is 18.0. The molecule has 0 N–H and O–H groups in total. The maximum Gasteiger partial charge on any atom is 0.245 e. The molecule has 162 valence electrons. The van der Waals surface area contributed by atoms with Gasteiger partial charge >= 0.3 is 0 Å². The molecule has 2 amide bonds. The molecule has 1 aromatic heterocycles. The monoisotopic (exact) mass is 419 g/mol. The molecule has 31 heavy (non-hydrogen) atoms. The largest absolute Gasteiger partial charge is 0.341 e. The summed E-state index contributed by atoms with van der Waals surface area (Å²) in [5, 5.41) is 0. The van der Waals surface area contributed by atoms with Crippen LogP contribution in [0.2, 0.25) is 0 Å². The molecular formula is C25H29N3O3. The van der Waals surface area contributed by atoms with Gasteiger partial charge in [0.15, 0.2) is 0 Å². The lowest BCUT2D eigenvalue weighted by molar-refractivity contribution is -0.144. The van der Waals surface area contributed by atoms with E-state index in [9.17, 15) is 14.4 Å². The highest BCUT2D eigenvalue weighted by molar-refractivity contribution is 5.88. The second-order valence-electron chi connectivity index (χ2n) is 8.53. The van der Waals surface area contributed by atoms with E-state index in [1.54, 1.807) is 11.1 Å². The van der Waals surface area contributed by atoms with Gasteiger partial charge in [-0.1, -0.05) is 24.3 Å². The van der Waals surface area contributed by atoms with E-state index >= 15 is 0 Å². The molecule has 1 atom stereocenters. The van der Waals surface area contributed by atoms with Crippen molar-refractivity contribution in [2.75, 3.05) is 19.6 Å². The molecule has 1 aromatic carbocycles. The number of piperidine rings is 1. The molecule has 3 heterocycles. The SMILES string of the molecule is CC(=O)N1CCC[C@@H]1C(=O)N1CCC(C(=O)Cc2cccc(-c3ccccn3)c2)CC1. The van der Waals surface area contributed by atoms with Gasteiger partial charge in [0.1, 0.15) is 11.8 Å². The van der Waals surface area contributed by atoms with Gasteiger partial charge in [-0.2, -0.15) is 0 Å². The van der Waals surface area contributed by atoms with Crippen LogP contribution in [0.1, 0.15) is 38.2 Å². The molecule has 0 spiro atoms. The number of hydrogen-bond acceptors (Lipinski definition) is 4. The second-order valence-corrected chi connectivity index (χ2v) is 8.53. The first kappa shape index (κ1) is 21.2. The van der Waals surface area contributed by atoms with Crippen LogP contribution in [0, 0.1) is 5.92 Å². The van der Waals surface area contributed by atoms with Crippen molar-refractivity contribution in [1.29, 1.82) is 0 Å². The summed E-state index contributed by atoms with van der Waals surface area (Å²) in [6, 6.07) is 13.5. The Bertz CT molecular complexity index is 951. The topological polar surface area (TPSA) is 70.6 Å². The molecule has 2 aliphatic rings. The number of likely N-dealkylation sites (tertiary alicyclic amines) is 2. The zero-order valence-corrected chi connectivity index (χ0v) is 18.0. The Labute approximate surface area is 183 Å². The van der Waals surface area contributed by atoms with E-state index in [0.717, 1.165) is 29.7 Å². The van der Waals surface area contributed by atoms with E-state index in [0.29, 0.717) is 38.9 Å². The molecule has 0 aliphatic carbocycles. The Balaban J connectivity index is 1.33. The molecule has 0 saturated carbocycles. The summed E-state index contributed by atoms with van der Waals surface area (Å²) in [6.07, 6.45) is 5.17. The average Bonchev–Trinajstić information content (AvgIpc) is 3.30. The maximum absolute atomic E-state index is 12.9. The number of Topliss-reactive ketones (excluding diaryl/α,β-unsaturated/α-hetero) is 1. The number of rotatable bonds is 5. The predicted octanol–water partition coefficient (Wildman–Crippen LogP) is 3.11. The molecule has 0 bridgehead atoms. The molecule has 2 saturated heterocycles. The van der Waals surface area contributed by atoms with Crippen molar-refractivity contribution >= 4 is 17.6 Å². The molecule has 2 aliphatic heterocycles.